The van der Waals surface area contributed by atoms with Gasteiger partial charge in [0, 0.05) is 0 Å². The maximum atomic E-state index is 10.4. The van der Waals surface area contributed by atoms with Gasteiger partial charge in [-0.05, 0) is 0 Å². The quantitative estimate of drug-likeness (QED) is 0.475. The molecule has 3 heteroatoms. The van der Waals surface area contributed by atoms with E-state index in [4.69, 9.17) is 0 Å². The van der Waals surface area contributed by atoms with Crippen molar-refractivity contribution in [2.45, 2.75) is 18.2 Å². The Bertz CT molecular complexity index is 106. The number of hydrogen-bond acceptors (Lipinski definition) is 2. The van der Waals surface area contributed by atoms with Crippen molar-refractivity contribution >= 4 is 11.6 Å². The first-order chi connectivity index (χ1) is 3.55. The molecular weight excluding hydrogens is 188 g/mol. The van der Waals surface area contributed by atoms with E-state index in [0.29, 0.717) is 0 Å². The van der Waals surface area contributed by atoms with Crippen LogP contribution in [0.1, 0.15) is 13.8 Å². The molecule has 0 aliphatic heterocycles. The molecule has 0 N–H and O–H groups in total. The third kappa shape index (κ3) is 2.36. The Hall–Kier alpha value is 0.0283. The second-order valence-corrected chi connectivity index (χ2v) is 2.76. The van der Waals surface area contributed by atoms with Crippen LogP contribution in [0.5, 0.6) is 0 Å². The molecule has 0 fully saturated rings. The zero-order chi connectivity index (χ0) is 6.73. The minimum absolute atomic E-state index is 0.0534. The van der Waals surface area contributed by atoms with Gasteiger partial charge in [0.1, 0.15) is 0 Å². The van der Waals surface area contributed by atoms with Crippen LogP contribution in [0.2, 0.25) is 4.31 Å². The number of rotatable bonds is 2. The van der Waals surface area contributed by atoms with Crippen LogP contribution in [0.15, 0.2) is 0 Å². The number of carbonyl (C=O) groups excluding carboxylic acids is 2. The third-order valence-corrected chi connectivity index (χ3v) is 2.37. The van der Waals surface area contributed by atoms with Crippen LogP contribution in [0.4, 0.5) is 0 Å². The SMILES string of the molecule is CC(=O)[CH]([Mo])C(C)=O. The Morgan fingerprint density at radius 1 is 1.25 bits per heavy atom. The summed E-state index contributed by atoms with van der Waals surface area (Å²) in [5.41, 5.74) is 0. The number of ketones is 2. The predicted octanol–water partition coefficient (Wildman–Crippen LogP) is 0.500. The summed E-state index contributed by atoms with van der Waals surface area (Å²) in [7, 11) is 0. The molecule has 0 aromatic heterocycles. The van der Waals surface area contributed by atoms with Gasteiger partial charge in [-0.1, -0.05) is 0 Å². The summed E-state index contributed by atoms with van der Waals surface area (Å²) in [6.07, 6.45) is 0. The van der Waals surface area contributed by atoms with Gasteiger partial charge in [0.05, 0.1) is 0 Å². The maximum absolute atomic E-state index is 10.4. The topological polar surface area (TPSA) is 34.1 Å². The molecule has 2 nitrogen and oxygen atoms in total. The fourth-order valence-corrected chi connectivity index (χ4v) is 0.286. The summed E-state index contributed by atoms with van der Waals surface area (Å²) in [6, 6.07) is 0. The fourth-order valence-electron chi connectivity index (χ4n) is 0.286. The van der Waals surface area contributed by atoms with E-state index in [2.05, 4.69) is 0 Å². The predicted molar refractivity (Wildman–Crippen MR) is 25.1 cm³/mol. The molecule has 0 saturated heterocycles. The van der Waals surface area contributed by atoms with E-state index in [-0.39, 0.29) is 11.6 Å². The van der Waals surface area contributed by atoms with Gasteiger partial charge >= 0.3 is 59.1 Å². The van der Waals surface area contributed by atoms with Crippen molar-refractivity contribution in [2.24, 2.45) is 0 Å². The summed E-state index contributed by atoms with van der Waals surface area (Å²) in [4.78, 5) is 20.7. The monoisotopic (exact) mass is 197 g/mol. The third-order valence-electron chi connectivity index (χ3n) is 0.738. The van der Waals surface area contributed by atoms with Crippen LogP contribution in [0, 0.1) is 0 Å². The molecule has 8 heavy (non-hydrogen) atoms. The molecule has 45 valence electrons. The molecule has 0 radical (unpaired) electrons. The van der Waals surface area contributed by atoms with Gasteiger partial charge in [-0.2, -0.15) is 0 Å². The van der Waals surface area contributed by atoms with Crippen LogP contribution in [0.3, 0.4) is 0 Å². The Kier molecular flexibility index (Phi) is 3.14. The average molecular weight is 195 g/mol. The number of carbonyl (C=O) groups is 2. The summed E-state index contributed by atoms with van der Waals surface area (Å²) >= 11 is 1.55. The first kappa shape index (κ1) is 8.03. The summed E-state index contributed by atoms with van der Waals surface area (Å²) in [6.45, 7) is 2.85. The van der Waals surface area contributed by atoms with Gasteiger partial charge in [0.2, 0.25) is 0 Å². The van der Waals surface area contributed by atoms with Crippen molar-refractivity contribution in [3.63, 3.8) is 0 Å². The zero-order valence-electron chi connectivity index (χ0n) is 4.80. The summed E-state index contributed by atoms with van der Waals surface area (Å²) < 4.78 is -0.397. The molecule has 0 amide bonds. The number of hydrogen-bond donors (Lipinski definition) is 0. The molecule has 0 aliphatic rings. The van der Waals surface area contributed by atoms with Gasteiger partial charge in [-0.25, -0.2) is 0 Å². The van der Waals surface area contributed by atoms with E-state index in [1.54, 1.807) is 19.8 Å². The first-order valence-corrected chi connectivity index (χ1v) is 3.38. The van der Waals surface area contributed by atoms with Gasteiger partial charge in [0.25, 0.3) is 0 Å². The summed E-state index contributed by atoms with van der Waals surface area (Å²) in [5.74, 6) is -0.107. The van der Waals surface area contributed by atoms with E-state index in [1.807, 2.05) is 0 Å². The zero-order valence-corrected chi connectivity index (χ0v) is 6.81. The van der Waals surface area contributed by atoms with Crippen molar-refractivity contribution in [1.82, 2.24) is 0 Å². The Balaban J connectivity index is 3.83. The number of Topliss-reactive ketones (excluding diaryl/α,β-unsaturated/α-hetero) is 2. The van der Waals surface area contributed by atoms with Crippen molar-refractivity contribution < 1.29 is 29.4 Å². The Morgan fingerprint density at radius 3 is 1.50 bits per heavy atom. The van der Waals surface area contributed by atoms with E-state index in [9.17, 15) is 9.59 Å². The normalized spacial score (nSPS) is 9.38. The molecule has 0 spiro atoms. The van der Waals surface area contributed by atoms with E-state index in [0.717, 1.165) is 0 Å². The molecule has 0 unspecified atom stereocenters. The Morgan fingerprint density at radius 2 is 1.50 bits per heavy atom. The van der Waals surface area contributed by atoms with Crippen molar-refractivity contribution in [1.29, 1.82) is 0 Å². The molecule has 0 aliphatic carbocycles. The molecule has 0 atom stereocenters. The summed E-state index contributed by atoms with van der Waals surface area (Å²) in [5, 5.41) is 0. The van der Waals surface area contributed by atoms with Gasteiger partial charge < -0.3 is 0 Å². The van der Waals surface area contributed by atoms with Gasteiger partial charge in [0.15, 0.2) is 0 Å². The van der Waals surface area contributed by atoms with Gasteiger partial charge in [-0.15, -0.1) is 0 Å². The van der Waals surface area contributed by atoms with Crippen molar-refractivity contribution in [2.75, 3.05) is 0 Å². The minimum atomic E-state index is -0.397. The van der Waals surface area contributed by atoms with E-state index >= 15 is 0 Å². The second kappa shape index (κ2) is 3.13. The van der Waals surface area contributed by atoms with Crippen molar-refractivity contribution in [3.05, 3.63) is 0 Å². The molecule has 0 heterocycles. The standard InChI is InChI=1S/C5H7O2.Mo/c1-4(6)3-5(2)7;/h3H,1-2H3;. The molecule has 0 aromatic rings. The molecule has 0 bridgehead atoms. The van der Waals surface area contributed by atoms with Crippen LogP contribution in [0.25, 0.3) is 0 Å². The first-order valence-electron chi connectivity index (χ1n) is 2.22. The van der Waals surface area contributed by atoms with E-state index in [1.165, 1.54) is 13.8 Å². The molecule has 0 rings (SSSR count). The van der Waals surface area contributed by atoms with Crippen LogP contribution >= 0.6 is 0 Å². The van der Waals surface area contributed by atoms with Crippen LogP contribution in [-0.2, 0) is 29.4 Å². The molecule has 0 aromatic carbocycles. The van der Waals surface area contributed by atoms with E-state index < -0.39 is 4.31 Å². The average Bonchev–Trinajstić information content (AvgIpc) is 1.64. The van der Waals surface area contributed by atoms with Crippen LogP contribution in [-0.4, -0.2) is 11.6 Å². The molecular formula is C5H7MoO2. The molecule has 0 saturated carbocycles. The fraction of sp³-hybridized carbons (Fsp3) is 0.600. The van der Waals surface area contributed by atoms with Crippen molar-refractivity contribution in [3.8, 4) is 0 Å². The Labute approximate surface area is 59.5 Å². The second-order valence-electron chi connectivity index (χ2n) is 1.60. The van der Waals surface area contributed by atoms with Gasteiger partial charge in [-0.3, -0.25) is 0 Å². The van der Waals surface area contributed by atoms with Crippen LogP contribution < -0.4 is 0 Å².